The zero-order valence-electron chi connectivity index (χ0n) is 9.25. The quantitative estimate of drug-likeness (QED) is 0.886. The third kappa shape index (κ3) is 2.88. The average Bonchev–Trinajstić information content (AvgIpc) is 2.97. The van der Waals surface area contributed by atoms with Crippen LogP contribution in [0.3, 0.4) is 0 Å². The molecule has 1 aromatic heterocycles. The largest absolute Gasteiger partial charge is 0.452 e. The summed E-state index contributed by atoms with van der Waals surface area (Å²) in [4.78, 5) is 2.29. The Bertz CT molecular complexity index is 343. The molecule has 90 valence electrons. The van der Waals surface area contributed by atoms with Gasteiger partial charge in [0.2, 0.25) is 0 Å². The van der Waals surface area contributed by atoms with Crippen molar-refractivity contribution in [1.29, 1.82) is 0 Å². The van der Waals surface area contributed by atoms with Crippen LogP contribution >= 0.6 is 31.9 Å². The minimum Gasteiger partial charge on any atom is -0.452 e. The molecule has 3 nitrogen and oxygen atoms in total. The molecular weight excluding hydrogens is 336 g/mol. The van der Waals surface area contributed by atoms with Crippen molar-refractivity contribution in [3.63, 3.8) is 0 Å². The van der Waals surface area contributed by atoms with Crippen molar-refractivity contribution in [3.05, 3.63) is 21.0 Å². The fourth-order valence-electron chi connectivity index (χ4n) is 2.05. The molecule has 1 heterocycles. The van der Waals surface area contributed by atoms with Gasteiger partial charge in [0.1, 0.15) is 5.76 Å². The van der Waals surface area contributed by atoms with Gasteiger partial charge in [-0.1, -0.05) is 0 Å². The van der Waals surface area contributed by atoms with Gasteiger partial charge in [-0.05, 0) is 63.7 Å². The molecule has 5 heteroatoms. The highest BCUT2D eigenvalue weighted by molar-refractivity contribution is 9.13. The molecule has 1 aromatic rings. The number of rotatable bonds is 5. The van der Waals surface area contributed by atoms with Crippen molar-refractivity contribution in [2.24, 2.45) is 11.7 Å². The minimum atomic E-state index is 0.489. The lowest BCUT2D eigenvalue weighted by Crippen LogP contribution is -2.39. The molecule has 1 aliphatic carbocycles. The highest BCUT2D eigenvalue weighted by Gasteiger charge is 2.33. The molecule has 0 aromatic carbocycles. The molecule has 1 saturated carbocycles. The Morgan fingerprint density at radius 3 is 2.69 bits per heavy atom. The van der Waals surface area contributed by atoms with E-state index in [9.17, 15) is 0 Å². The van der Waals surface area contributed by atoms with E-state index in [0.717, 1.165) is 33.9 Å². The molecule has 1 atom stereocenters. The average molecular weight is 352 g/mol. The first-order valence-corrected chi connectivity index (χ1v) is 7.04. The van der Waals surface area contributed by atoms with Gasteiger partial charge in [0.25, 0.3) is 0 Å². The van der Waals surface area contributed by atoms with Gasteiger partial charge in [0.15, 0.2) is 4.67 Å². The fraction of sp³-hybridized carbons (Fsp3) is 0.636. The number of hydrogen-bond acceptors (Lipinski definition) is 3. The molecule has 0 radical (unpaired) electrons. The SMILES string of the molecule is CN(Cc1cc(Br)c(Br)o1)C(CN)C1CC1. The van der Waals surface area contributed by atoms with Crippen LogP contribution in [0.15, 0.2) is 19.6 Å². The Kier molecular flexibility index (Phi) is 4.11. The second kappa shape index (κ2) is 5.21. The van der Waals surface area contributed by atoms with Crippen molar-refractivity contribution in [2.75, 3.05) is 13.6 Å². The maximum atomic E-state index is 5.81. The van der Waals surface area contributed by atoms with Gasteiger partial charge in [0, 0.05) is 12.6 Å². The first-order chi connectivity index (χ1) is 7.61. The fourth-order valence-corrected chi connectivity index (χ4v) is 2.70. The molecule has 16 heavy (non-hydrogen) atoms. The summed E-state index contributed by atoms with van der Waals surface area (Å²) in [6.45, 7) is 1.53. The van der Waals surface area contributed by atoms with Crippen LogP contribution in [0.25, 0.3) is 0 Å². The lowest BCUT2D eigenvalue weighted by Gasteiger charge is -2.25. The lowest BCUT2D eigenvalue weighted by atomic mass is 10.1. The van der Waals surface area contributed by atoms with Crippen molar-refractivity contribution in [2.45, 2.75) is 25.4 Å². The number of nitrogens with zero attached hydrogens (tertiary/aromatic N) is 1. The summed E-state index contributed by atoms with van der Waals surface area (Å²) < 4.78 is 7.29. The van der Waals surface area contributed by atoms with E-state index in [0.29, 0.717) is 6.04 Å². The Labute approximate surface area is 113 Å². The van der Waals surface area contributed by atoms with Crippen LogP contribution in [0.4, 0.5) is 0 Å². The predicted molar refractivity (Wildman–Crippen MR) is 71.1 cm³/mol. The van der Waals surface area contributed by atoms with E-state index in [-0.39, 0.29) is 0 Å². The minimum absolute atomic E-state index is 0.489. The monoisotopic (exact) mass is 350 g/mol. The van der Waals surface area contributed by atoms with Gasteiger partial charge < -0.3 is 10.2 Å². The molecule has 2 N–H and O–H groups in total. The van der Waals surface area contributed by atoms with Gasteiger partial charge in [-0.3, -0.25) is 4.90 Å². The predicted octanol–water partition coefficient (Wildman–Crippen LogP) is 2.97. The number of nitrogens with two attached hydrogens (primary N) is 1. The van der Waals surface area contributed by atoms with Crippen LogP contribution in [0.1, 0.15) is 18.6 Å². The highest BCUT2D eigenvalue weighted by atomic mass is 79.9. The number of furan rings is 1. The standard InChI is InChI=1S/C11H16Br2N2O/c1-15(10(5-14)7-2-3-7)6-8-4-9(12)11(13)16-8/h4,7,10H,2-3,5-6,14H2,1H3. The number of hydrogen-bond donors (Lipinski definition) is 1. The first kappa shape index (κ1) is 12.6. The summed E-state index contributed by atoms with van der Waals surface area (Å²) in [7, 11) is 2.11. The molecule has 0 saturated heterocycles. The first-order valence-electron chi connectivity index (χ1n) is 5.46. The van der Waals surface area contributed by atoms with Crippen LogP contribution in [0.2, 0.25) is 0 Å². The molecule has 1 fully saturated rings. The van der Waals surface area contributed by atoms with Gasteiger partial charge in [-0.15, -0.1) is 0 Å². The maximum Gasteiger partial charge on any atom is 0.183 e. The Morgan fingerprint density at radius 2 is 2.25 bits per heavy atom. The smallest absolute Gasteiger partial charge is 0.183 e. The second-order valence-electron chi connectivity index (χ2n) is 4.39. The van der Waals surface area contributed by atoms with Crippen LogP contribution < -0.4 is 5.73 Å². The van der Waals surface area contributed by atoms with Gasteiger partial charge >= 0.3 is 0 Å². The van der Waals surface area contributed by atoms with E-state index < -0.39 is 0 Å². The summed E-state index contributed by atoms with van der Waals surface area (Å²) >= 11 is 6.76. The number of likely N-dealkylation sites (N-methyl/N-ethyl adjacent to an activating group) is 1. The van der Waals surface area contributed by atoms with Gasteiger partial charge in [-0.2, -0.15) is 0 Å². The summed E-state index contributed by atoms with van der Waals surface area (Å²) in [5.74, 6) is 1.75. The maximum absolute atomic E-state index is 5.81. The summed E-state index contributed by atoms with van der Waals surface area (Å²) in [6.07, 6.45) is 2.63. The molecule has 2 rings (SSSR count). The van der Waals surface area contributed by atoms with Crippen molar-refractivity contribution in [1.82, 2.24) is 4.90 Å². The molecule has 0 aliphatic heterocycles. The van der Waals surface area contributed by atoms with Crippen molar-refractivity contribution < 1.29 is 4.42 Å². The second-order valence-corrected chi connectivity index (χ2v) is 5.96. The van der Waals surface area contributed by atoms with Crippen molar-refractivity contribution in [3.8, 4) is 0 Å². The zero-order valence-corrected chi connectivity index (χ0v) is 12.4. The zero-order chi connectivity index (χ0) is 11.7. The third-order valence-electron chi connectivity index (χ3n) is 3.08. The van der Waals surface area contributed by atoms with Crippen LogP contribution in [-0.4, -0.2) is 24.5 Å². The van der Waals surface area contributed by atoms with E-state index in [2.05, 4.69) is 43.8 Å². The van der Waals surface area contributed by atoms with Crippen LogP contribution in [0.5, 0.6) is 0 Å². The van der Waals surface area contributed by atoms with Crippen molar-refractivity contribution >= 4 is 31.9 Å². The Morgan fingerprint density at radius 1 is 1.56 bits per heavy atom. The molecule has 0 spiro atoms. The molecular formula is C11H16Br2N2O. The Hall–Kier alpha value is 0.160. The highest BCUT2D eigenvalue weighted by Crippen LogP contribution is 2.35. The van der Waals surface area contributed by atoms with E-state index in [1.807, 2.05) is 6.07 Å². The molecule has 0 amide bonds. The number of halogens is 2. The Balaban J connectivity index is 1.97. The summed E-state index contributed by atoms with van der Waals surface area (Å²) in [6, 6.07) is 2.49. The van der Waals surface area contributed by atoms with Crippen LogP contribution in [0, 0.1) is 5.92 Å². The third-order valence-corrected chi connectivity index (χ3v) is 4.79. The molecule has 1 unspecified atom stereocenters. The molecule has 1 aliphatic rings. The normalized spacial score (nSPS) is 18.1. The van der Waals surface area contributed by atoms with Crippen LogP contribution in [-0.2, 0) is 6.54 Å². The van der Waals surface area contributed by atoms with E-state index in [1.165, 1.54) is 12.8 Å². The van der Waals surface area contributed by atoms with Gasteiger partial charge in [-0.25, -0.2) is 0 Å². The summed E-state index contributed by atoms with van der Waals surface area (Å²) in [5.41, 5.74) is 5.81. The van der Waals surface area contributed by atoms with Gasteiger partial charge in [0.05, 0.1) is 11.0 Å². The summed E-state index contributed by atoms with van der Waals surface area (Å²) in [5, 5.41) is 0. The lowest BCUT2D eigenvalue weighted by molar-refractivity contribution is 0.199. The van der Waals surface area contributed by atoms with E-state index in [4.69, 9.17) is 10.2 Å². The van der Waals surface area contributed by atoms with E-state index >= 15 is 0 Å². The van der Waals surface area contributed by atoms with E-state index in [1.54, 1.807) is 0 Å². The topological polar surface area (TPSA) is 42.4 Å². The molecule has 0 bridgehead atoms.